The molecule has 3 aromatic heterocycles. The second kappa shape index (κ2) is 9.76. The Morgan fingerprint density at radius 3 is 2.50 bits per heavy atom. The van der Waals surface area contributed by atoms with Gasteiger partial charge >= 0.3 is 6.18 Å². The number of carbonyl (C=O) groups is 1. The van der Waals surface area contributed by atoms with Gasteiger partial charge < -0.3 is 5.11 Å². The fourth-order valence-corrected chi connectivity index (χ4v) is 5.61. The molecule has 0 fully saturated rings. The topological polar surface area (TPSA) is 83.1 Å². The summed E-state index contributed by atoms with van der Waals surface area (Å²) in [6.07, 6.45) is -4.48. The number of nitrogens with zero attached hydrogens (tertiary/aromatic N) is 5. The zero-order chi connectivity index (χ0) is 28.2. The van der Waals surface area contributed by atoms with Crippen LogP contribution in [-0.2, 0) is 6.18 Å². The van der Waals surface area contributed by atoms with Crippen LogP contribution in [0.3, 0.4) is 0 Å². The van der Waals surface area contributed by atoms with Crippen molar-refractivity contribution >= 4 is 40.2 Å². The summed E-state index contributed by atoms with van der Waals surface area (Å²) < 4.78 is 43.2. The number of thiophene rings is 1. The van der Waals surface area contributed by atoms with Crippen LogP contribution in [0.15, 0.2) is 77.9 Å². The molecule has 1 atom stereocenters. The number of alkyl halides is 3. The van der Waals surface area contributed by atoms with E-state index in [4.69, 9.17) is 11.6 Å². The third-order valence-electron chi connectivity index (χ3n) is 6.56. The molecule has 0 spiro atoms. The van der Waals surface area contributed by atoms with Crippen molar-refractivity contribution in [1.82, 2.24) is 19.6 Å². The highest BCUT2D eigenvalue weighted by molar-refractivity contribution is 7.19. The second-order valence-electron chi connectivity index (χ2n) is 9.27. The quantitative estimate of drug-likeness (QED) is 0.245. The summed E-state index contributed by atoms with van der Waals surface area (Å²) in [6, 6.07) is 18.7. The van der Waals surface area contributed by atoms with Gasteiger partial charge in [0, 0.05) is 18.1 Å². The molecule has 6 rings (SSSR count). The van der Waals surface area contributed by atoms with Crippen molar-refractivity contribution < 1.29 is 23.1 Å². The Labute approximate surface area is 234 Å². The molecule has 0 aliphatic carbocycles. The number of fused-ring (bicyclic) bond motifs is 1. The molecule has 4 heterocycles. The lowest BCUT2D eigenvalue weighted by molar-refractivity contribution is -0.142. The molecule has 5 aromatic rings. The van der Waals surface area contributed by atoms with E-state index in [2.05, 4.69) is 15.2 Å². The maximum atomic E-state index is 14.1. The number of amides is 1. The molecule has 1 unspecified atom stereocenters. The number of rotatable bonds is 4. The molecule has 1 amide bonds. The largest absolute Gasteiger partial charge is 0.508 e. The van der Waals surface area contributed by atoms with Crippen LogP contribution in [0, 0.1) is 6.92 Å². The number of phenolic OH excluding ortho intramolecular Hbond substituents is 1. The summed E-state index contributed by atoms with van der Waals surface area (Å²) in [6.45, 7) is 1.95. The van der Waals surface area contributed by atoms with Gasteiger partial charge in [0.05, 0.1) is 26.7 Å². The normalized spacial score (nSPS) is 15.6. The Morgan fingerprint density at radius 2 is 1.82 bits per heavy atom. The van der Waals surface area contributed by atoms with Crippen molar-refractivity contribution in [3.05, 3.63) is 105 Å². The van der Waals surface area contributed by atoms with Crippen LogP contribution in [-0.4, -0.2) is 36.3 Å². The second-order valence-corrected chi connectivity index (χ2v) is 11.0. The number of aromatic hydroxyl groups is 1. The molecule has 202 valence electrons. The number of aromatic nitrogens is 3. The van der Waals surface area contributed by atoms with Crippen molar-refractivity contribution in [1.29, 1.82) is 0 Å². The highest BCUT2D eigenvalue weighted by atomic mass is 35.5. The number of hydrogen-bond acceptors (Lipinski definition) is 6. The fourth-order valence-electron chi connectivity index (χ4n) is 4.61. The Balaban J connectivity index is 1.46. The third-order valence-corrected chi connectivity index (χ3v) is 7.82. The molecule has 1 aliphatic heterocycles. The fraction of sp³-hybridized carbons (Fsp3) is 0.143. The molecule has 1 aliphatic rings. The maximum absolute atomic E-state index is 14.1. The summed E-state index contributed by atoms with van der Waals surface area (Å²) in [5.41, 5.74) is 1.44. The Morgan fingerprint density at radius 1 is 1.07 bits per heavy atom. The average molecular weight is 582 g/mol. The monoisotopic (exact) mass is 581 g/mol. The van der Waals surface area contributed by atoms with E-state index in [1.54, 1.807) is 30.3 Å². The van der Waals surface area contributed by atoms with E-state index < -0.39 is 23.8 Å². The van der Waals surface area contributed by atoms with E-state index in [1.807, 2.05) is 31.2 Å². The van der Waals surface area contributed by atoms with Gasteiger partial charge in [-0.1, -0.05) is 59.6 Å². The number of benzene rings is 2. The highest BCUT2D eigenvalue weighted by Crippen LogP contribution is 2.39. The van der Waals surface area contributed by atoms with Gasteiger partial charge in [0.1, 0.15) is 5.75 Å². The summed E-state index contributed by atoms with van der Waals surface area (Å²) >= 11 is 7.08. The van der Waals surface area contributed by atoms with Crippen molar-refractivity contribution in [2.75, 3.05) is 0 Å². The minimum atomic E-state index is -4.77. The van der Waals surface area contributed by atoms with E-state index in [0.29, 0.717) is 25.0 Å². The molecule has 0 saturated carbocycles. The minimum Gasteiger partial charge on any atom is -0.508 e. The van der Waals surface area contributed by atoms with Crippen LogP contribution in [0.1, 0.15) is 45.3 Å². The van der Waals surface area contributed by atoms with Crippen molar-refractivity contribution in [2.45, 2.75) is 25.6 Å². The average Bonchev–Trinajstić information content (AvgIpc) is 3.66. The summed E-state index contributed by atoms with van der Waals surface area (Å²) in [5, 5.41) is 20.3. The molecular formula is C28H19ClF3N5O2S. The predicted molar refractivity (Wildman–Crippen MR) is 146 cm³/mol. The number of para-hydroxylation sites is 1. The lowest BCUT2D eigenvalue weighted by Gasteiger charge is -2.21. The first-order chi connectivity index (χ1) is 19.1. The molecule has 7 nitrogen and oxygen atoms in total. The number of carbonyl (C=O) groups excluding carboxylic acids is 1. The first-order valence-electron chi connectivity index (χ1n) is 12.1. The van der Waals surface area contributed by atoms with Crippen LogP contribution >= 0.6 is 22.9 Å². The minimum absolute atomic E-state index is 0.0269. The lowest BCUT2D eigenvalue weighted by Crippen LogP contribution is -2.27. The van der Waals surface area contributed by atoms with E-state index in [-0.39, 0.29) is 29.2 Å². The molecule has 1 N–H and O–H groups in total. The smallest absolute Gasteiger partial charge is 0.433 e. The zero-order valence-corrected chi connectivity index (χ0v) is 22.3. The van der Waals surface area contributed by atoms with Gasteiger partial charge in [-0.2, -0.15) is 23.4 Å². The van der Waals surface area contributed by atoms with Gasteiger partial charge in [-0.25, -0.2) is 14.5 Å². The van der Waals surface area contributed by atoms with Crippen LogP contribution < -0.4 is 0 Å². The van der Waals surface area contributed by atoms with E-state index >= 15 is 0 Å². The highest BCUT2D eigenvalue weighted by Gasteiger charge is 2.38. The Hall–Kier alpha value is -4.22. The Kier molecular flexibility index (Phi) is 6.35. The van der Waals surface area contributed by atoms with E-state index in [0.717, 1.165) is 28.5 Å². The molecule has 0 radical (unpaired) electrons. The van der Waals surface area contributed by atoms with Gasteiger partial charge in [-0.05, 0) is 36.8 Å². The number of hydrazone groups is 1. The molecule has 0 saturated heterocycles. The zero-order valence-electron chi connectivity index (χ0n) is 20.7. The standard InChI is InChI=1S/C28H19ClF3N5O2S/c1-15-6-8-16(9-7-15)18-12-21(17-4-2-3-5-22(17)38)36(34-18)27(39)20-14-26-33-19(23-10-11-25(29)40-23)13-24(28(30,31)32)37(26)35-20/h2-11,13-14,21,38H,12H2,1H3. The molecule has 0 bridgehead atoms. The van der Waals surface area contributed by atoms with E-state index in [1.165, 1.54) is 17.1 Å². The number of aryl methyl sites for hydroxylation is 1. The molecule has 12 heteroatoms. The summed E-state index contributed by atoms with van der Waals surface area (Å²) in [7, 11) is 0. The van der Waals surface area contributed by atoms with Gasteiger partial charge in [0.2, 0.25) is 0 Å². The predicted octanol–water partition coefficient (Wildman–Crippen LogP) is 7.14. The van der Waals surface area contributed by atoms with Crippen LogP contribution in [0.2, 0.25) is 4.34 Å². The SMILES string of the molecule is Cc1ccc(C2=NN(C(=O)c3cc4nc(-c5ccc(Cl)s5)cc(C(F)(F)F)n4n3)C(c3ccccc3O)C2)cc1. The number of phenols is 1. The van der Waals surface area contributed by atoms with Crippen LogP contribution in [0.25, 0.3) is 16.2 Å². The first-order valence-corrected chi connectivity index (χ1v) is 13.3. The van der Waals surface area contributed by atoms with Crippen molar-refractivity contribution in [3.8, 4) is 16.3 Å². The van der Waals surface area contributed by atoms with Crippen LogP contribution in [0.4, 0.5) is 13.2 Å². The molecule has 40 heavy (non-hydrogen) atoms. The van der Waals surface area contributed by atoms with Crippen LogP contribution in [0.5, 0.6) is 5.75 Å². The number of halogens is 4. The molecule has 2 aromatic carbocycles. The summed E-state index contributed by atoms with van der Waals surface area (Å²) in [4.78, 5) is 18.6. The maximum Gasteiger partial charge on any atom is 0.433 e. The van der Waals surface area contributed by atoms with Gasteiger partial charge in [-0.15, -0.1) is 11.3 Å². The van der Waals surface area contributed by atoms with Crippen molar-refractivity contribution in [2.24, 2.45) is 5.10 Å². The van der Waals surface area contributed by atoms with Gasteiger partial charge in [0.25, 0.3) is 5.91 Å². The first kappa shape index (κ1) is 26.0. The number of hydrogen-bond donors (Lipinski definition) is 1. The van der Waals surface area contributed by atoms with Gasteiger partial charge in [-0.3, -0.25) is 4.79 Å². The van der Waals surface area contributed by atoms with E-state index in [9.17, 15) is 23.1 Å². The van der Waals surface area contributed by atoms with Gasteiger partial charge in [0.15, 0.2) is 17.0 Å². The summed E-state index contributed by atoms with van der Waals surface area (Å²) in [5.74, 6) is -0.754. The lowest BCUT2D eigenvalue weighted by atomic mass is 9.97. The third kappa shape index (κ3) is 4.71. The van der Waals surface area contributed by atoms with Crippen molar-refractivity contribution in [3.63, 3.8) is 0 Å². The Bertz CT molecular complexity index is 1800. The molecular weight excluding hydrogens is 563 g/mol.